The van der Waals surface area contributed by atoms with Crippen LogP contribution in [-0.4, -0.2) is 30.4 Å². The van der Waals surface area contributed by atoms with E-state index < -0.39 is 0 Å². The smallest absolute Gasteiger partial charge is 0.220 e. The van der Waals surface area contributed by atoms with Gasteiger partial charge in [-0.1, -0.05) is 34.1 Å². The fourth-order valence-electron chi connectivity index (χ4n) is 6.12. The predicted octanol–water partition coefficient (Wildman–Crippen LogP) is 4.36. The van der Waals surface area contributed by atoms with Crippen LogP contribution in [0.25, 0.3) is 0 Å². The molecule has 2 unspecified atom stereocenters. The number of alkyl halides is 1. The molecule has 4 heteroatoms. The van der Waals surface area contributed by atoms with Gasteiger partial charge in [0.1, 0.15) is 0 Å². The van der Waals surface area contributed by atoms with Crippen molar-refractivity contribution in [3.05, 3.63) is 30.3 Å². The van der Waals surface area contributed by atoms with E-state index in [0.717, 1.165) is 24.8 Å². The summed E-state index contributed by atoms with van der Waals surface area (Å²) in [6.45, 7) is 1.56. The van der Waals surface area contributed by atoms with Gasteiger partial charge in [-0.2, -0.15) is 0 Å². The van der Waals surface area contributed by atoms with Gasteiger partial charge in [0.15, 0.2) is 0 Å². The monoisotopic (exact) mass is 404 g/mol. The quantitative estimate of drug-likeness (QED) is 0.714. The highest BCUT2D eigenvalue weighted by Crippen LogP contribution is 2.65. The molecule has 1 aromatic carbocycles. The van der Waals surface area contributed by atoms with E-state index in [1.807, 2.05) is 18.2 Å². The number of nitrogens with zero attached hydrogens (tertiary/aromatic N) is 1. The minimum absolute atomic E-state index is 0.250. The molecule has 1 amide bonds. The number of rotatable bonds is 6. The van der Waals surface area contributed by atoms with Gasteiger partial charge >= 0.3 is 0 Å². The van der Waals surface area contributed by atoms with Crippen LogP contribution in [0.1, 0.15) is 44.9 Å². The van der Waals surface area contributed by atoms with Gasteiger partial charge in [-0.3, -0.25) is 4.79 Å². The van der Waals surface area contributed by atoms with Crippen molar-refractivity contribution in [2.75, 3.05) is 25.0 Å². The zero-order valence-electron chi connectivity index (χ0n) is 15.1. The van der Waals surface area contributed by atoms with E-state index in [-0.39, 0.29) is 11.3 Å². The molecule has 0 spiro atoms. The standard InChI is InChI=1S/C21H29BrN2O/c1-24(18-5-3-2-4-6-18)8-7-23-19(25)14-20-10-16-9-17(11-20)13-21(22,12-16)15-20/h2-6,16-17H,7-15H2,1H3,(H,23,25). The number of para-hydroxylation sites is 1. The van der Waals surface area contributed by atoms with E-state index in [2.05, 4.69) is 45.3 Å². The maximum absolute atomic E-state index is 12.6. The Morgan fingerprint density at radius 2 is 1.88 bits per heavy atom. The molecule has 4 aliphatic rings. The van der Waals surface area contributed by atoms with E-state index >= 15 is 0 Å². The fourth-order valence-corrected chi connectivity index (χ4v) is 7.63. The van der Waals surface area contributed by atoms with Gasteiger partial charge in [-0.25, -0.2) is 0 Å². The summed E-state index contributed by atoms with van der Waals surface area (Å²) in [6, 6.07) is 10.3. The first-order valence-corrected chi connectivity index (χ1v) is 10.5. The summed E-state index contributed by atoms with van der Waals surface area (Å²) < 4.78 is 0.338. The molecule has 4 fully saturated rings. The van der Waals surface area contributed by atoms with Crippen LogP contribution in [0.15, 0.2) is 30.3 Å². The normalized spacial score (nSPS) is 35.6. The van der Waals surface area contributed by atoms with Crippen molar-refractivity contribution in [3.8, 4) is 0 Å². The fraction of sp³-hybridized carbons (Fsp3) is 0.667. The summed E-state index contributed by atoms with van der Waals surface area (Å²) in [5, 5.41) is 3.17. The topological polar surface area (TPSA) is 32.3 Å². The Bertz CT molecular complexity index is 618. The molecular formula is C21H29BrN2O. The Morgan fingerprint density at radius 1 is 1.20 bits per heavy atom. The second-order valence-corrected chi connectivity index (χ2v) is 10.6. The van der Waals surface area contributed by atoms with Gasteiger partial charge in [0.25, 0.3) is 0 Å². The molecule has 25 heavy (non-hydrogen) atoms. The third-order valence-corrected chi connectivity index (χ3v) is 7.54. The van der Waals surface area contributed by atoms with Gasteiger partial charge in [0.2, 0.25) is 5.91 Å². The van der Waals surface area contributed by atoms with Crippen molar-refractivity contribution in [2.24, 2.45) is 17.3 Å². The van der Waals surface area contributed by atoms with E-state index in [4.69, 9.17) is 0 Å². The lowest BCUT2D eigenvalue weighted by atomic mass is 9.48. The minimum Gasteiger partial charge on any atom is -0.373 e. The summed E-state index contributed by atoms with van der Waals surface area (Å²) >= 11 is 4.04. The predicted molar refractivity (Wildman–Crippen MR) is 106 cm³/mol. The maximum atomic E-state index is 12.6. The van der Waals surface area contributed by atoms with Gasteiger partial charge in [-0.05, 0) is 67.9 Å². The molecule has 0 aromatic heterocycles. The first-order chi connectivity index (χ1) is 12.0. The Kier molecular flexibility index (Phi) is 4.59. The highest BCUT2D eigenvalue weighted by Gasteiger charge is 2.57. The molecule has 0 aliphatic heterocycles. The van der Waals surface area contributed by atoms with Crippen LogP contribution in [0.4, 0.5) is 5.69 Å². The lowest BCUT2D eigenvalue weighted by Gasteiger charge is -2.60. The van der Waals surface area contributed by atoms with Crippen LogP contribution < -0.4 is 10.2 Å². The van der Waals surface area contributed by atoms with E-state index in [1.54, 1.807) is 0 Å². The van der Waals surface area contributed by atoms with Crippen molar-refractivity contribution in [3.63, 3.8) is 0 Å². The number of anilines is 1. The highest BCUT2D eigenvalue weighted by molar-refractivity contribution is 9.10. The number of nitrogens with one attached hydrogen (secondary N) is 1. The van der Waals surface area contributed by atoms with Crippen LogP contribution in [-0.2, 0) is 4.79 Å². The first kappa shape index (κ1) is 17.4. The lowest BCUT2D eigenvalue weighted by Crippen LogP contribution is -2.54. The number of hydrogen-bond acceptors (Lipinski definition) is 2. The Morgan fingerprint density at radius 3 is 2.52 bits per heavy atom. The zero-order valence-corrected chi connectivity index (χ0v) is 16.7. The van der Waals surface area contributed by atoms with Crippen LogP contribution in [0.3, 0.4) is 0 Å². The number of carbonyl (C=O) groups is 1. The number of likely N-dealkylation sites (N-methyl/N-ethyl adjacent to an activating group) is 1. The van der Waals surface area contributed by atoms with E-state index in [0.29, 0.717) is 10.9 Å². The number of hydrogen-bond donors (Lipinski definition) is 1. The Balaban J connectivity index is 1.28. The molecule has 0 saturated heterocycles. The van der Waals surface area contributed by atoms with E-state index in [1.165, 1.54) is 44.2 Å². The third-order valence-electron chi connectivity index (χ3n) is 6.61. The van der Waals surface area contributed by atoms with Gasteiger partial charge in [0.05, 0.1) is 0 Å². The summed E-state index contributed by atoms with van der Waals surface area (Å²) in [5.41, 5.74) is 1.46. The molecule has 0 radical (unpaired) electrons. The summed E-state index contributed by atoms with van der Waals surface area (Å²) in [7, 11) is 2.08. The summed E-state index contributed by atoms with van der Waals surface area (Å²) in [5.74, 6) is 1.94. The van der Waals surface area contributed by atoms with Crippen LogP contribution in [0.2, 0.25) is 0 Å². The number of amides is 1. The first-order valence-electron chi connectivity index (χ1n) is 9.67. The second kappa shape index (κ2) is 6.61. The average Bonchev–Trinajstić information content (AvgIpc) is 2.52. The van der Waals surface area contributed by atoms with Crippen molar-refractivity contribution in [1.82, 2.24) is 5.32 Å². The van der Waals surface area contributed by atoms with Gasteiger partial charge in [0, 0.05) is 36.6 Å². The molecule has 0 heterocycles. The number of halogens is 1. The third kappa shape index (κ3) is 3.74. The van der Waals surface area contributed by atoms with Crippen molar-refractivity contribution in [2.45, 2.75) is 49.3 Å². The molecule has 5 rings (SSSR count). The van der Waals surface area contributed by atoms with Crippen LogP contribution in [0.5, 0.6) is 0 Å². The van der Waals surface area contributed by atoms with Crippen molar-refractivity contribution < 1.29 is 4.79 Å². The Hall–Kier alpha value is -1.03. The Labute approximate surface area is 159 Å². The number of carbonyl (C=O) groups excluding carboxylic acids is 1. The van der Waals surface area contributed by atoms with Crippen molar-refractivity contribution in [1.29, 1.82) is 0 Å². The molecule has 3 nitrogen and oxygen atoms in total. The molecule has 136 valence electrons. The molecular weight excluding hydrogens is 376 g/mol. The minimum atomic E-state index is 0.250. The van der Waals surface area contributed by atoms with E-state index in [9.17, 15) is 4.79 Å². The lowest BCUT2D eigenvalue weighted by molar-refractivity contribution is -0.128. The summed E-state index contributed by atoms with van der Waals surface area (Å²) in [6.07, 6.45) is 8.52. The van der Waals surface area contributed by atoms with Gasteiger partial charge < -0.3 is 10.2 Å². The number of benzene rings is 1. The van der Waals surface area contributed by atoms with Crippen LogP contribution in [0, 0.1) is 17.3 Å². The van der Waals surface area contributed by atoms with Crippen LogP contribution >= 0.6 is 15.9 Å². The molecule has 1 N–H and O–H groups in total. The molecule has 4 aliphatic carbocycles. The molecule has 4 saturated carbocycles. The SMILES string of the molecule is CN(CCNC(=O)CC12CC3CC(CC(Br)(C3)C1)C2)c1ccccc1. The maximum Gasteiger partial charge on any atom is 0.220 e. The molecule has 4 bridgehead atoms. The average molecular weight is 405 g/mol. The van der Waals surface area contributed by atoms with Gasteiger partial charge in [-0.15, -0.1) is 0 Å². The largest absolute Gasteiger partial charge is 0.373 e. The summed E-state index contributed by atoms with van der Waals surface area (Å²) in [4.78, 5) is 14.8. The molecule has 2 atom stereocenters. The highest BCUT2D eigenvalue weighted by atomic mass is 79.9. The molecule has 1 aromatic rings. The van der Waals surface area contributed by atoms with Crippen molar-refractivity contribution >= 4 is 27.5 Å². The zero-order chi connectivity index (χ0) is 17.5. The second-order valence-electron chi connectivity index (χ2n) is 8.90.